The largest absolute Gasteiger partial charge is 0.497 e. The summed E-state index contributed by atoms with van der Waals surface area (Å²) in [5.74, 6) is 0.260. The number of ether oxygens (including phenoxy) is 2. The summed E-state index contributed by atoms with van der Waals surface area (Å²) in [7, 11) is -1.22. The minimum atomic E-state index is -4.12. The van der Waals surface area contributed by atoms with Gasteiger partial charge in [-0.1, -0.05) is 30.3 Å². The van der Waals surface area contributed by atoms with E-state index in [1.165, 1.54) is 32.4 Å². The van der Waals surface area contributed by atoms with Gasteiger partial charge in [0.15, 0.2) is 0 Å². The van der Waals surface area contributed by atoms with Crippen molar-refractivity contribution in [2.24, 2.45) is 0 Å². The highest BCUT2D eigenvalue weighted by Gasteiger charge is 2.30. The molecule has 1 heterocycles. The molecule has 3 aromatic rings. The van der Waals surface area contributed by atoms with Gasteiger partial charge in [0.2, 0.25) is 11.8 Å². The average Bonchev–Trinajstić information content (AvgIpc) is 3.36. The Morgan fingerprint density at radius 2 is 1.78 bits per heavy atom. The maximum Gasteiger partial charge on any atom is 0.264 e. The highest BCUT2D eigenvalue weighted by Crippen LogP contribution is 2.35. The van der Waals surface area contributed by atoms with Crippen molar-refractivity contribution in [1.29, 1.82) is 0 Å². The van der Waals surface area contributed by atoms with E-state index in [9.17, 15) is 18.0 Å². The summed E-state index contributed by atoms with van der Waals surface area (Å²) in [6.45, 7) is 0.359. The Morgan fingerprint density at radius 3 is 2.46 bits per heavy atom. The Morgan fingerprint density at radius 1 is 1.00 bits per heavy atom. The molecule has 1 fully saturated rings. The van der Waals surface area contributed by atoms with Gasteiger partial charge < -0.3 is 19.7 Å². The lowest BCUT2D eigenvalue weighted by Crippen LogP contribution is -2.40. The molecule has 3 aromatic carbocycles. The minimum absolute atomic E-state index is 0.0376. The summed E-state index contributed by atoms with van der Waals surface area (Å²) in [5, 5.41) is 2.80. The van der Waals surface area contributed by atoms with Crippen LogP contribution in [0.2, 0.25) is 0 Å². The molecule has 2 amide bonds. The van der Waals surface area contributed by atoms with Crippen LogP contribution in [0.25, 0.3) is 0 Å². The number of sulfonamides is 1. The van der Waals surface area contributed by atoms with E-state index in [4.69, 9.17) is 9.47 Å². The molecule has 9 nitrogen and oxygen atoms in total. The summed E-state index contributed by atoms with van der Waals surface area (Å²) in [5.41, 5.74) is 1.75. The van der Waals surface area contributed by atoms with Crippen molar-refractivity contribution in [1.82, 2.24) is 5.32 Å². The monoisotopic (exact) mass is 523 g/mol. The van der Waals surface area contributed by atoms with Crippen LogP contribution in [-0.2, 0) is 26.2 Å². The molecular weight excluding hydrogens is 494 g/mol. The summed E-state index contributed by atoms with van der Waals surface area (Å²) in [6.07, 6.45) is 1.35. The van der Waals surface area contributed by atoms with Crippen LogP contribution >= 0.6 is 0 Å². The Balaban J connectivity index is 1.58. The number of carbonyl (C=O) groups is 2. The molecule has 0 radical (unpaired) electrons. The van der Waals surface area contributed by atoms with Gasteiger partial charge in [0.05, 0.1) is 24.8 Å². The first-order valence-electron chi connectivity index (χ1n) is 11.8. The summed E-state index contributed by atoms with van der Waals surface area (Å²) < 4.78 is 39.0. The van der Waals surface area contributed by atoms with Crippen LogP contribution in [0.1, 0.15) is 18.4 Å². The number of hydrogen-bond acceptors (Lipinski definition) is 6. The Labute approximate surface area is 216 Å². The van der Waals surface area contributed by atoms with Crippen molar-refractivity contribution >= 4 is 33.2 Å². The second kappa shape index (κ2) is 11.3. The number of anilines is 2. The number of nitrogens with zero attached hydrogens (tertiary/aromatic N) is 2. The van der Waals surface area contributed by atoms with Gasteiger partial charge in [-0.2, -0.15) is 0 Å². The van der Waals surface area contributed by atoms with E-state index in [1.807, 2.05) is 24.3 Å². The predicted octanol–water partition coefficient (Wildman–Crippen LogP) is 3.34. The first-order chi connectivity index (χ1) is 17.8. The lowest BCUT2D eigenvalue weighted by atomic mass is 10.2. The van der Waals surface area contributed by atoms with E-state index in [0.29, 0.717) is 18.7 Å². The molecule has 0 aliphatic carbocycles. The van der Waals surface area contributed by atoms with Gasteiger partial charge >= 0.3 is 0 Å². The maximum absolute atomic E-state index is 13.6. The Bertz CT molecular complexity index is 1380. The lowest BCUT2D eigenvalue weighted by molar-refractivity contribution is -0.120. The van der Waals surface area contributed by atoms with Crippen LogP contribution in [0.4, 0.5) is 11.4 Å². The number of methoxy groups -OCH3 is 2. The standard InChI is InChI=1S/C27H29N3O6S/c1-35-22-13-14-25(36-2)24(17-22)30(37(33,34)23-10-4-3-5-11-23)19-26(31)28-18-20-8-6-9-21(16-20)29-15-7-12-27(29)32/h3-6,8-11,13-14,16-17H,7,12,15,18-19H2,1-2H3,(H,28,31). The van der Waals surface area contributed by atoms with Gasteiger partial charge in [-0.25, -0.2) is 8.42 Å². The molecule has 10 heteroatoms. The van der Waals surface area contributed by atoms with Gasteiger partial charge in [0.25, 0.3) is 10.0 Å². The molecule has 0 aromatic heterocycles. The zero-order valence-electron chi connectivity index (χ0n) is 20.7. The number of hydrogen-bond donors (Lipinski definition) is 1. The summed E-state index contributed by atoms with van der Waals surface area (Å²) in [4.78, 5) is 26.9. The van der Waals surface area contributed by atoms with E-state index < -0.39 is 22.5 Å². The molecule has 194 valence electrons. The molecule has 1 aliphatic heterocycles. The van der Waals surface area contributed by atoms with Gasteiger partial charge in [0, 0.05) is 31.3 Å². The molecule has 1 saturated heterocycles. The van der Waals surface area contributed by atoms with Gasteiger partial charge in [-0.3, -0.25) is 13.9 Å². The Hall–Kier alpha value is -4.05. The topological polar surface area (TPSA) is 105 Å². The highest BCUT2D eigenvalue weighted by molar-refractivity contribution is 7.92. The van der Waals surface area contributed by atoms with Crippen LogP contribution in [0, 0.1) is 0 Å². The van der Waals surface area contributed by atoms with Gasteiger partial charge in [-0.05, 0) is 48.4 Å². The maximum atomic E-state index is 13.6. The van der Waals surface area contributed by atoms with Crippen molar-refractivity contribution in [2.45, 2.75) is 24.3 Å². The van der Waals surface area contributed by atoms with Crippen LogP contribution in [0.3, 0.4) is 0 Å². The SMILES string of the molecule is COc1ccc(OC)c(N(CC(=O)NCc2cccc(N3CCCC3=O)c2)S(=O)(=O)c2ccccc2)c1. The van der Waals surface area contributed by atoms with Crippen molar-refractivity contribution < 1.29 is 27.5 Å². The zero-order valence-corrected chi connectivity index (χ0v) is 21.5. The third kappa shape index (κ3) is 5.86. The quantitative estimate of drug-likeness (QED) is 0.437. The molecule has 37 heavy (non-hydrogen) atoms. The molecule has 0 bridgehead atoms. The fourth-order valence-corrected chi connectivity index (χ4v) is 5.60. The predicted molar refractivity (Wildman–Crippen MR) is 140 cm³/mol. The first kappa shape index (κ1) is 26.0. The number of rotatable bonds is 10. The second-order valence-electron chi connectivity index (χ2n) is 8.46. The van der Waals surface area contributed by atoms with E-state index in [-0.39, 0.29) is 28.8 Å². The second-order valence-corrected chi connectivity index (χ2v) is 10.3. The molecule has 0 unspecified atom stereocenters. The smallest absolute Gasteiger partial charge is 0.264 e. The number of carbonyl (C=O) groups excluding carboxylic acids is 2. The number of nitrogens with one attached hydrogen (secondary N) is 1. The fourth-order valence-electron chi connectivity index (χ4n) is 4.15. The van der Waals surface area contributed by atoms with Crippen LogP contribution in [-0.4, -0.2) is 47.5 Å². The van der Waals surface area contributed by atoms with Crippen molar-refractivity contribution in [3.63, 3.8) is 0 Å². The first-order valence-corrected chi connectivity index (χ1v) is 13.2. The van der Waals surface area contributed by atoms with E-state index in [0.717, 1.165) is 22.0 Å². The fraction of sp³-hybridized carbons (Fsp3) is 0.259. The third-order valence-corrected chi connectivity index (χ3v) is 7.83. The van der Waals surface area contributed by atoms with Crippen LogP contribution < -0.4 is 24.0 Å². The molecular formula is C27H29N3O6S. The lowest BCUT2D eigenvalue weighted by Gasteiger charge is -2.26. The van der Waals surface area contributed by atoms with Gasteiger partial charge in [0.1, 0.15) is 18.0 Å². The molecule has 0 atom stereocenters. The molecule has 0 saturated carbocycles. The van der Waals surface area contributed by atoms with E-state index in [2.05, 4.69) is 5.32 Å². The number of benzene rings is 3. The van der Waals surface area contributed by atoms with Crippen molar-refractivity contribution in [3.05, 3.63) is 78.4 Å². The van der Waals surface area contributed by atoms with Crippen molar-refractivity contribution in [2.75, 3.05) is 36.5 Å². The van der Waals surface area contributed by atoms with Gasteiger partial charge in [-0.15, -0.1) is 0 Å². The Kier molecular flexibility index (Phi) is 7.98. The normalized spacial score (nSPS) is 13.4. The minimum Gasteiger partial charge on any atom is -0.497 e. The summed E-state index contributed by atoms with van der Waals surface area (Å²) >= 11 is 0. The molecule has 4 rings (SSSR count). The summed E-state index contributed by atoms with van der Waals surface area (Å²) in [6, 6.07) is 20.0. The van der Waals surface area contributed by atoms with E-state index in [1.54, 1.807) is 35.2 Å². The zero-order chi connectivity index (χ0) is 26.4. The third-order valence-electron chi connectivity index (χ3n) is 6.06. The molecule has 0 spiro atoms. The van der Waals surface area contributed by atoms with Crippen molar-refractivity contribution in [3.8, 4) is 11.5 Å². The van der Waals surface area contributed by atoms with Crippen LogP contribution in [0.15, 0.2) is 77.7 Å². The average molecular weight is 524 g/mol. The van der Waals surface area contributed by atoms with Crippen LogP contribution in [0.5, 0.6) is 11.5 Å². The van der Waals surface area contributed by atoms with E-state index >= 15 is 0 Å². The highest BCUT2D eigenvalue weighted by atomic mass is 32.2. The molecule has 1 aliphatic rings. The molecule has 1 N–H and O–H groups in total. The number of amides is 2.